The normalized spacial score (nSPS) is 12.0. The molecule has 0 saturated carbocycles. The second-order valence-corrected chi connectivity index (χ2v) is 7.01. The summed E-state index contributed by atoms with van der Waals surface area (Å²) in [5, 5.41) is 13.1. The SMILES string of the molecule is C/C(=N/Nc1cccc(C(=O)O)c1)c1ccc(S(C)(=O)=O)cc1. The van der Waals surface area contributed by atoms with Gasteiger partial charge in [0.05, 0.1) is 21.9 Å². The monoisotopic (exact) mass is 332 g/mol. The van der Waals surface area contributed by atoms with Crippen molar-refractivity contribution in [2.24, 2.45) is 5.10 Å². The average molecular weight is 332 g/mol. The van der Waals surface area contributed by atoms with Crippen molar-refractivity contribution in [2.45, 2.75) is 11.8 Å². The summed E-state index contributed by atoms with van der Waals surface area (Å²) in [6.45, 7) is 1.77. The molecule has 0 fully saturated rings. The topological polar surface area (TPSA) is 95.8 Å². The van der Waals surface area contributed by atoms with Gasteiger partial charge in [-0.1, -0.05) is 18.2 Å². The standard InChI is InChI=1S/C16H16N2O4S/c1-11(12-6-8-15(9-7-12)23(2,21)22)17-18-14-5-3-4-13(10-14)16(19)20/h3-10,18H,1-2H3,(H,19,20)/b17-11-. The fourth-order valence-electron chi connectivity index (χ4n) is 1.88. The van der Waals surface area contributed by atoms with Crippen molar-refractivity contribution in [2.75, 3.05) is 11.7 Å². The lowest BCUT2D eigenvalue weighted by Crippen LogP contribution is -2.02. The van der Waals surface area contributed by atoms with Gasteiger partial charge in [0.15, 0.2) is 9.84 Å². The zero-order valence-corrected chi connectivity index (χ0v) is 13.5. The molecule has 0 atom stereocenters. The third-order valence-electron chi connectivity index (χ3n) is 3.16. The number of anilines is 1. The van der Waals surface area contributed by atoms with Crippen molar-refractivity contribution in [3.63, 3.8) is 0 Å². The first-order valence-electron chi connectivity index (χ1n) is 6.71. The van der Waals surface area contributed by atoms with Gasteiger partial charge in [0.1, 0.15) is 0 Å². The highest BCUT2D eigenvalue weighted by atomic mass is 32.2. The molecule has 0 amide bonds. The van der Waals surface area contributed by atoms with Crippen molar-refractivity contribution in [1.29, 1.82) is 0 Å². The van der Waals surface area contributed by atoms with Crippen molar-refractivity contribution in [1.82, 2.24) is 0 Å². The van der Waals surface area contributed by atoms with Crippen molar-refractivity contribution >= 4 is 27.2 Å². The van der Waals surface area contributed by atoms with Crippen molar-refractivity contribution < 1.29 is 18.3 Å². The number of carbonyl (C=O) groups is 1. The number of sulfone groups is 1. The largest absolute Gasteiger partial charge is 0.478 e. The maximum Gasteiger partial charge on any atom is 0.335 e. The number of carboxylic acid groups (broad SMARTS) is 1. The Kier molecular flexibility index (Phi) is 4.80. The lowest BCUT2D eigenvalue weighted by molar-refractivity contribution is 0.0697. The van der Waals surface area contributed by atoms with Gasteiger partial charge in [-0.25, -0.2) is 13.2 Å². The van der Waals surface area contributed by atoms with Crippen LogP contribution in [0.2, 0.25) is 0 Å². The molecule has 2 rings (SSSR count). The second kappa shape index (κ2) is 6.62. The lowest BCUT2D eigenvalue weighted by atomic mass is 10.1. The molecule has 2 aromatic carbocycles. The van der Waals surface area contributed by atoms with E-state index in [1.165, 1.54) is 24.3 Å². The van der Waals surface area contributed by atoms with Crippen LogP contribution in [0.4, 0.5) is 5.69 Å². The molecule has 120 valence electrons. The minimum Gasteiger partial charge on any atom is -0.478 e. The van der Waals surface area contributed by atoms with Gasteiger partial charge < -0.3 is 5.11 Å². The molecule has 0 spiro atoms. The first-order chi connectivity index (χ1) is 10.8. The maximum absolute atomic E-state index is 11.4. The molecule has 2 aromatic rings. The Morgan fingerprint density at radius 2 is 1.74 bits per heavy atom. The van der Waals surface area contributed by atoms with Crippen LogP contribution in [0.25, 0.3) is 0 Å². The van der Waals surface area contributed by atoms with Gasteiger partial charge in [-0.2, -0.15) is 5.10 Å². The summed E-state index contributed by atoms with van der Waals surface area (Å²) in [5.74, 6) is -1.01. The van der Waals surface area contributed by atoms with E-state index in [-0.39, 0.29) is 10.5 Å². The van der Waals surface area contributed by atoms with Gasteiger partial charge in [-0.05, 0) is 42.8 Å². The molecule has 0 aliphatic rings. The van der Waals surface area contributed by atoms with Gasteiger partial charge in [0.2, 0.25) is 0 Å². The van der Waals surface area contributed by atoms with Gasteiger partial charge in [-0.3, -0.25) is 5.43 Å². The molecule has 0 unspecified atom stereocenters. The molecule has 0 heterocycles. The third kappa shape index (κ3) is 4.40. The Hall–Kier alpha value is -2.67. The first-order valence-corrected chi connectivity index (χ1v) is 8.60. The highest BCUT2D eigenvalue weighted by Gasteiger charge is 2.07. The molecule has 0 saturated heterocycles. The number of benzene rings is 2. The van der Waals surface area contributed by atoms with Crippen molar-refractivity contribution in [3.8, 4) is 0 Å². The van der Waals surface area contributed by atoms with E-state index in [0.29, 0.717) is 11.4 Å². The second-order valence-electron chi connectivity index (χ2n) is 4.99. The number of hydrogen-bond acceptors (Lipinski definition) is 5. The van der Waals surface area contributed by atoms with Crippen LogP contribution in [0, 0.1) is 0 Å². The predicted octanol–water partition coefficient (Wildman–Crippen LogP) is 2.62. The van der Waals surface area contributed by atoms with E-state index >= 15 is 0 Å². The van der Waals surface area contributed by atoms with Crippen LogP contribution in [0.5, 0.6) is 0 Å². The Morgan fingerprint density at radius 1 is 1.09 bits per heavy atom. The quantitative estimate of drug-likeness (QED) is 0.648. The third-order valence-corrected chi connectivity index (χ3v) is 4.29. The predicted molar refractivity (Wildman–Crippen MR) is 88.8 cm³/mol. The van der Waals surface area contributed by atoms with E-state index in [1.807, 2.05) is 0 Å². The van der Waals surface area contributed by atoms with Crippen LogP contribution in [0.1, 0.15) is 22.8 Å². The van der Waals surface area contributed by atoms with Gasteiger partial charge in [0, 0.05) is 6.26 Å². The summed E-state index contributed by atoms with van der Waals surface area (Å²) in [6, 6.07) is 12.7. The zero-order chi connectivity index (χ0) is 17.0. The highest BCUT2D eigenvalue weighted by molar-refractivity contribution is 7.90. The Labute approximate surface area is 134 Å². The van der Waals surface area contributed by atoms with Gasteiger partial charge in [0.25, 0.3) is 0 Å². The summed E-state index contributed by atoms with van der Waals surface area (Å²) >= 11 is 0. The lowest BCUT2D eigenvalue weighted by Gasteiger charge is -2.05. The van der Waals surface area contributed by atoms with E-state index in [0.717, 1.165) is 11.8 Å². The number of nitrogens with zero attached hydrogens (tertiary/aromatic N) is 1. The smallest absolute Gasteiger partial charge is 0.335 e. The van der Waals surface area contributed by atoms with Crippen LogP contribution in [0.15, 0.2) is 58.5 Å². The molecule has 0 aromatic heterocycles. The minimum atomic E-state index is -3.22. The van der Waals surface area contributed by atoms with E-state index in [2.05, 4.69) is 10.5 Å². The number of nitrogens with one attached hydrogen (secondary N) is 1. The minimum absolute atomic E-state index is 0.167. The molecule has 23 heavy (non-hydrogen) atoms. The average Bonchev–Trinajstić information content (AvgIpc) is 2.52. The summed E-state index contributed by atoms with van der Waals surface area (Å²) in [5.41, 5.74) is 4.92. The Morgan fingerprint density at radius 3 is 2.30 bits per heavy atom. The molecule has 0 aliphatic heterocycles. The number of carboxylic acids is 1. The van der Waals surface area contributed by atoms with Gasteiger partial charge >= 0.3 is 5.97 Å². The summed E-state index contributed by atoms with van der Waals surface area (Å²) in [4.78, 5) is 11.2. The zero-order valence-electron chi connectivity index (χ0n) is 12.6. The number of aromatic carboxylic acids is 1. The van der Waals surface area contributed by atoms with Crippen LogP contribution in [-0.4, -0.2) is 31.5 Å². The molecular formula is C16H16N2O4S. The van der Waals surface area contributed by atoms with E-state index in [1.54, 1.807) is 31.2 Å². The first kappa shape index (κ1) is 16.7. The molecule has 0 aliphatic carbocycles. The molecule has 6 nitrogen and oxygen atoms in total. The van der Waals surface area contributed by atoms with Crippen LogP contribution in [0.3, 0.4) is 0 Å². The summed E-state index contributed by atoms with van der Waals surface area (Å²) < 4.78 is 22.8. The highest BCUT2D eigenvalue weighted by Crippen LogP contribution is 2.13. The molecular weight excluding hydrogens is 316 g/mol. The maximum atomic E-state index is 11.4. The van der Waals surface area contributed by atoms with E-state index in [4.69, 9.17) is 5.11 Å². The summed E-state index contributed by atoms with van der Waals surface area (Å²) in [7, 11) is -3.22. The van der Waals surface area contributed by atoms with Crippen molar-refractivity contribution in [3.05, 3.63) is 59.7 Å². The fourth-order valence-corrected chi connectivity index (χ4v) is 2.51. The molecule has 7 heteroatoms. The van der Waals surface area contributed by atoms with E-state index < -0.39 is 15.8 Å². The fraction of sp³-hybridized carbons (Fsp3) is 0.125. The van der Waals surface area contributed by atoms with E-state index in [9.17, 15) is 13.2 Å². The number of hydrogen-bond donors (Lipinski definition) is 2. The van der Waals surface area contributed by atoms with Crippen LogP contribution in [-0.2, 0) is 9.84 Å². The summed E-state index contributed by atoms with van der Waals surface area (Å²) in [6.07, 6.45) is 1.15. The Balaban J connectivity index is 2.17. The van der Waals surface area contributed by atoms with Gasteiger partial charge in [-0.15, -0.1) is 0 Å². The molecule has 0 bridgehead atoms. The van der Waals surface area contributed by atoms with Crippen LogP contribution < -0.4 is 5.43 Å². The number of rotatable bonds is 5. The molecule has 2 N–H and O–H groups in total. The van der Waals surface area contributed by atoms with Crippen LogP contribution >= 0.6 is 0 Å². The number of hydrazone groups is 1. The molecule has 0 radical (unpaired) electrons. The Bertz CT molecular complexity index is 856.